The van der Waals surface area contributed by atoms with Gasteiger partial charge in [0.05, 0.1) is 12.5 Å². The average molecular weight is 250 g/mol. The Balaban J connectivity index is 3.30. The molecule has 1 rings (SSSR count). The summed E-state index contributed by atoms with van der Waals surface area (Å²) in [5.74, 6) is 0.654. The lowest BCUT2D eigenvalue weighted by atomic mass is 9.82. The van der Waals surface area contributed by atoms with Gasteiger partial charge in [0.2, 0.25) is 5.91 Å². The third-order valence-electron chi connectivity index (χ3n) is 3.30. The van der Waals surface area contributed by atoms with Crippen molar-refractivity contribution >= 4 is 5.91 Å². The maximum atomic E-state index is 12.1. The summed E-state index contributed by atoms with van der Waals surface area (Å²) in [6, 6.07) is 3.99. The van der Waals surface area contributed by atoms with Crippen LogP contribution in [0.1, 0.15) is 30.5 Å². The van der Waals surface area contributed by atoms with Gasteiger partial charge in [0.1, 0.15) is 5.75 Å². The van der Waals surface area contributed by atoms with Gasteiger partial charge in [0.25, 0.3) is 0 Å². The number of benzene rings is 1. The van der Waals surface area contributed by atoms with Crippen LogP contribution >= 0.6 is 0 Å². The summed E-state index contributed by atoms with van der Waals surface area (Å²) in [5.41, 5.74) is 7.82. The third kappa shape index (κ3) is 2.64. The summed E-state index contributed by atoms with van der Waals surface area (Å²) in [7, 11) is 3.30. The maximum absolute atomic E-state index is 12.1. The van der Waals surface area contributed by atoms with Gasteiger partial charge in [0.15, 0.2) is 0 Å². The SMILES string of the molecule is CNNC(=O)C(C)(C)c1cc(C)c(C)cc1OC. The van der Waals surface area contributed by atoms with Crippen LogP contribution < -0.4 is 15.6 Å². The number of hydrogen-bond donors (Lipinski definition) is 2. The molecule has 2 N–H and O–H groups in total. The zero-order valence-corrected chi connectivity index (χ0v) is 12.0. The molecule has 0 unspecified atom stereocenters. The highest BCUT2D eigenvalue weighted by Gasteiger charge is 2.32. The number of nitrogens with one attached hydrogen (secondary N) is 2. The van der Waals surface area contributed by atoms with Crippen molar-refractivity contribution in [2.24, 2.45) is 0 Å². The molecule has 4 heteroatoms. The molecule has 1 aromatic carbocycles. The van der Waals surface area contributed by atoms with E-state index < -0.39 is 5.41 Å². The molecule has 100 valence electrons. The number of amides is 1. The molecule has 0 radical (unpaired) electrons. The second kappa shape index (κ2) is 5.40. The molecule has 1 amide bonds. The van der Waals surface area contributed by atoms with Crippen molar-refractivity contribution in [1.29, 1.82) is 0 Å². The van der Waals surface area contributed by atoms with Crippen molar-refractivity contribution in [2.45, 2.75) is 33.1 Å². The first kappa shape index (κ1) is 14.5. The molecular weight excluding hydrogens is 228 g/mol. The molecular formula is C14H22N2O2. The standard InChI is InChI=1S/C14H22N2O2/c1-9-7-11(12(18-6)8-10(9)2)14(3,4)13(17)16-15-5/h7-8,15H,1-6H3,(H,16,17). The lowest BCUT2D eigenvalue weighted by molar-refractivity contribution is -0.126. The van der Waals surface area contributed by atoms with Crippen LogP contribution in [-0.4, -0.2) is 20.1 Å². The minimum Gasteiger partial charge on any atom is -0.496 e. The number of hydrazine groups is 1. The number of hydrogen-bond acceptors (Lipinski definition) is 3. The van der Waals surface area contributed by atoms with E-state index in [-0.39, 0.29) is 5.91 Å². The maximum Gasteiger partial charge on any atom is 0.244 e. The molecule has 0 bridgehead atoms. The van der Waals surface area contributed by atoms with Crippen LogP contribution in [0.5, 0.6) is 5.75 Å². The lowest BCUT2D eigenvalue weighted by Crippen LogP contribution is -2.45. The van der Waals surface area contributed by atoms with Crippen LogP contribution in [0.3, 0.4) is 0 Å². The van der Waals surface area contributed by atoms with Crippen molar-refractivity contribution < 1.29 is 9.53 Å². The first-order valence-corrected chi connectivity index (χ1v) is 5.97. The minimum atomic E-state index is -0.660. The van der Waals surface area contributed by atoms with Gasteiger partial charge in [0, 0.05) is 12.6 Å². The molecule has 0 aliphatic carbocycles. The number of aryl methyl sites for hydroxylation is 2. The molecule has 18 heavy (non-hydrogen) atoms. The number of methoxy groups -OCH3 is 1. The number of ether oxygens (including phenoxy) is 1. The van der Waals surface area contributed by atoms with Crippen LogP contribution in [0.15, 0.2) is 12.1 Å². The molecule has 0 heterocycles. The quantitative estimate of drug-likeness (QED) is 0.802. The van der Waals surface area contributed by atoms with Gasteiger partial charge in [-0.3, -0.25) is 10.2 Å². The zero-order valence-electron chi connectivity index (χ0n) is 12.0. The van der Waals surface area contributed by atoms with Crippen molar-refractivity contribution in [3.8, 4) is 5.75 Å². The van der Waals surface area contributed by atoms with Gasteiger partial charge in [-0.05, 0) is 44.9 Å². The fourth-order valence-electron chi connectivity index (χ4n) is 1.84. The highest BCUT2D eigenvalue weighted by molar-refractivity contribution is 5.87. The fraction of sp³-hybridized carbons (Fsp3) is 0.500. The van der Waals surface area contributed by atoms with Crippen LogP contribution in [0, 0.1) is 13.8 Å². The fourth-order valence-corrected chi connectivity index (χ4v) is 1.84. The molecule has 0 aliphatic rings. The molecule has 0 saturated carbocycles. The van der Waals surface area contributed by atoms with Crippen molar-refractivity contribution in [2.75, 3.05) is 14.2 Å². The van der Waals surface area contributed by atoms with E-state index in [1.54, 1.807) is 14.2 Å². The van der Waals surface area contributed by atoms with Crippen LogP contribution in [0.2, 0.25) is 0 Å². The van der Waals surface area contributed by atoms with Crippen LogP contribution in [-0.2, 0) is 10.2 Å². The van der Waals surface area contributed by atoms with Gasteiger partial charge in [-0.25, -0.2) is 5.43 Å². The molecule has 0 aromatic heterocycles. The monoisotopic (exact) mass is 250 g/mol. The number of rotatable bonds is 4. The number of carbonyl (C=O) groups is 1. The summed E-state index contributed by atoms with van der Waals surface area (Å²) >= 11 is 0. The van der Waals surface area contributed by atoms with E-state index in [4.69, 9.17) is 4.74 Å². The summed E-state index contributed by atoms with van der Waals surface area (Å²) in [4.78, 5) is 12.1. The second-order valence-electron chi connectivity index (χ2n) is 4.97. The summed E-state index contributed by atoms with van der Waals surface area (Å²) < 4.78 is 5.40. The zero-order chi connectivity index (χ0) is 13.9. The van der Waals surface area contributed by atoms with E-state index in [1.807, 2.05) is 39.8 Å². The van der Waals surface area contributed by atoms with E-state index in [0.29, 0.717) is 0 Å². The Morgan fingerprint density at radius 3 is 2.28 bits per heavy atom. The smallest absolute Gasteiger partial charge is 0.244 e. The molecule has 0 aliphatic heterocycles. The van der Waals surface area contributed by atoms with Crippen molar-refractivity contribution in [1.82, 2.24) is 10.9 Å². The van der Waals surface area contributed by atoms with Gasteiger partial charge < -0.3 is 4.74 Å². The minimum absolute atomic E-state index is 0.0912. The van der Waals surface area contributed by atoms with Crippen LogP contribution in [0.4, 0.5) is 0 Å². The van der Waals surface area contributed by atoms with Crippen molar-refractivity contribution in [3.63, 3.8) is 0 Å². The Morgan fingerprint density at radius 2 is 1.78 bits per heavy atom. The molecule has 0 saturated heterocycles. The first-order chi connectivity index (χ1) is 8.34. The van der Waals surface area contributed by atoms with Gasteiger partial charge in [-0.1, -0.05) is 6.07 Å². The average Bonchev–Trinajstić information content (AvgIpc) is 2.32. The Hall–Kier alpha value is -1.55. The molecule has 0 spiro atoms. The van der Waals surface area contributed by atoms with Gasteiger partial charge in [-0.2, -0.15) is 0 Å². The normalized spacial score (nSPS) is 11.2. The summed E-state index contributed by atoms with van der Waals surface area (Å²) in [6.07, 6.45) is 0. The molecule has 4 nitrogen and oxygen atoms in total. The largest absolute Gasteiger partial charge is 0.496 e. The Labute approximate surface area is 109 Å². The van der Waals surface area contributed by atoms with E-state index in [2.05, 4.69) is 10.9 Å². The van der Waals surface area contributed by atoms with Crippen LogP contribution in [0.25, 0.3) is 0 Å². The predicted molar refractivity (Wildman–Crippen MR) is 72.7 cm³/mol. The predicted octanol–water partition coefficient (Wildman–Crippen LogP) is 1.84. The van der Waals surface area contributed by atoms with Gasteiger partial charge in [-0.15, -0.1) is 0 Å². The van der Waals surface area contributed by atoms with E-state index in [1.165, 1.54) is 0 Å². The topological polar surface area (TPSA) is 50.4 Å². The van der Waals surface area contributed by atoms with E-state index in [9.17, 15) is 4.79 Å². The summed E-state index contributed by atoms with van der Waals surface area (Å²) in [5, 5.41) is 0. The molecule has 0 atom stereocenters. The molecule has 1 aromatic rings. The Morgan fingerprint density at radius 1 is 1.22 bits per heavy atom. The van der Waals surface area contributed by atoms with Gasteiger partial charge >= 0.3 is 0 Å². The number of carbonyl (C=O) groups excluding carboxylic acids is 1. The Bertz CT molecular complexity index is 453. The highest BCUT2D eigenvalue weighted by Crippen LogP contribution is 2.34. The first-order valence-electron chi connectivity index (χ1n) is 5.97. The molecule has 0 fully saturated rings. The van der Waals surface area contributed by atoms with E-state index in [0.717, 1.165) is 22.4 Å². The summed E-state index contributed by atoms with van der Waals surface area (Å²) in [6.45, 7) is 7.82. The Kier molecular flexibility index (Phi) is 4.35. The lowest BCUT2D eigenvalue weighted by Gasteiger charge is -2.26. The van der Waals surface area contributed by atoms with Crippen molar-refractivity contribution in [3.05, 3.63) is 28.8 Å². The highest BCUT2D eigenvalue weighted by atomic mass is 16.5. The van der Waals surface area contributed by atoms with E-state index >= 15 is 0 Å². The third-order valence-corrected chi connectivity index (χ3v) is 3.30. The second-order valence-corrected chi connectivity index (χ2v) is 4.97.